The van der Waals surface area contributed by atoms with Crippen LogP contribution in [0.5, 0.6) is 0 Å². The molecule has 5 heteroatoms. The van der Waals surface area contributed by atoms with E-state index in [1.807, 2.05) is 13.8 Å². The molecule has 2 aromatic rings. The summed E-state index contributed by atoms with van der Waals surface area (Å²) in [5.74, 6) is 1.05. The van der Waals surface area contributed by atoms with Crippen molar-refractivity contribution in [3.8, 4) is 0 Å². The average Bonchev–Trinajstić information content (AvgIpc) is 2.33. The van der Waals surface area contributed by atoms with Crippen LogP contribution in [0.4, 0.5) is 5.95 Å². The van der Waals surface area contributed by atoms with Crippen molar-refractivity contribution in [2.24, 2.45) is 0 Å². The van der Waals surface area contributed by atoms with Gasteiger partial charge in [-0.25, -0.2) is 4.98 Å². The molecule has 0 bridgehead atoms. The highest BCUT2D eigenvalue weighted by molar-refractivity contribution is 5.48. The van der Waals surface area contributed by atoms with Gasteiger partial charge in [-0.05, 0) is 13.8 Å². The molecule has 2 rings (SSSR count). The number of rotatable bonds is 0. The van der Waals surface area contributed by atoms with Crippen molar-refractivity contribution in [3.05, 3.63) is 17.6 Å². The van der Waals surface area contributed by atoms with Gasteiger partial charge in [0.2, 0.25) is 5.95 Å². The lowest BCUT2D eigenvalue weighted by atomic mass is 10.4. The number of hydrogen-bond acceptors (Lipinski definition) is 4. The topological polar surface area (TPSA) is 69.1 Å². The van der Waals surface area contributed by atoms with Crippen LogP contribution in [0.25, 0.3) is 5.65 Å². The van der Waals surface area contributed by atoms with Gasteiger partial charge in [0.15, 0.2) is 5.65 Å². The fourth-order valence-corrected chi connectivity index (χ4v) is 1.12. The Morgan fingerprint density at radius 2 is 2.08 bits per heavy atom. The van der Waals surface area contributed by atoms with Crippen molar-refractivity contribution in [1.82, 2.24) is 19.6 Å². The molecule has 0 aliphatic rings. The lowest BCUT2D eigenvalue weighted by molar-refractivity contribution is 0.886. The van der Waals surface area contributed by atoms with Gasteiger partial charge in [0, 0.05) is 5.56 Å². The van der Waals surface area contributed by atoms with Gasteiger partial charge in [-0.1, -0.05) is 0 Å². The minimum Gasteiger partial charge on any atom is -0.368 e. The van der Waals surface area contributed by atoms with Crippen LogP contribution >= 0.6 is 0 Å². The molecule has 0 fully saturated rings. The Labute approximate surface area is 69.2 Å². The second-order valence-electron chi connectivity index (χ2n) is 2.69. The average molecular weight is 163 g/mol. The van der Waals surface area contributed by atoms with Crippen LogP contribution in [0.15, 0.2) is 6.20 Å². The van der Waals surface area contributed by atoms with Gasteiger partial charge in [-0.3, -0.25) is 0 Å². The molecule has 0 aromatic carbocycles. The third-order valence-electron chi connectivity index (χ3n) is 1.68. The molecular weight excluding hydrogens is 154 g/mol. The molecule has 5 nitrogen and oxygen atoms in total. The number of aryl methyl sites for hydroxylation is 2. The summed E-state index contributed by atoms with van der Waals surface area (Å²) in [7, 11) is 0. The van der Waals surface area contributed by atoms with Crippen LogP contribution in [-0.2, 0) is 0 Å². The second-order valence-corrected chi connectivity index (χ2v) is 2.69. The summed E-state index contributed by atoms with van der Waals surface area (Å²) >= 11 is 0. The molecule has 0 aliphatic heterocycles. The summed E-state index contributed by atoms with van der Waals surface area (Å²) in [6.45, 7) is 3.75. The van der Waals surface area contributed by atoms with E-state index in [9.17, 15) is 0 Å². The number of nitrogen functional groups attached to an aromatic ring is 1. The third kappa shape index (κ3) is 0.827. The van der Waals surface area contributed by atoms with Gasteiger partial charge in [0.05, 0.1) is 6.20 Å². The SMILES string of the molecule is Cc1nc(N)n2ncc(C)c2n1. The Balaban J connectivity index is 2.92. The van der Waals surface area contributed by atoms with Crippen LogP contribution in [0.3, 0.4) is 0 Å². The predicted octanol–water partition coefficient (Wildman–Crippen LogP) is 0.323. The number of nitrogens with two attached hydrogens (primary N) is 1. The van der Waals surface area contributed by atoms with E-state index in [2.05, 4.69) is 15.1 Å². The van der Waals surface area contributed by atoms with Gasteiger partial charge in [-0.2, -0.15) is 14.6 Å². The summed E-state index contributed by atoms with van der Waals surface area (Å²) in [5.41, 5.74) is 7.40. The summed E-state index contributed by atoms with van der Waals surface area (Å²) in [6, 6.07) is 0. The largest absolute Gasteiger partial charge is 0.368 e. The molecule has 0 aliphatic carbocycles. The molecule has 62 valence electrons. The Morgan fingerprint density at radius 1 is 1.33 bits per heavy atom. The molecule has 0 amide bonds. The number of fused-ring (bicyclic) bond motifs is 1. The summed E-state index contributed by atoms with van der Waals surface area (Å²) in [5, 5.41) is 4.03. The van der Waals surface area contributed by atoms with E-state index in [4.69, 9.17) is 5.73 Å². The predicted molar refractivity (Wildman–Crippen MR) is 44.7 cm³/mol. The number of hydrogen-bond donors (Lipinski definition) is 1. The van der Waals surface area contributed by atoms with Crippen LogP contribution in [0.2, 0.25) is 0 Å². The number of aromatic nitrogens is 4. The van der Waals surface area contributed by atoms with Gasteiger partial charge < -0.3 is 5.73 Å². The van der Waals surface area contributed by atoms with Gasteiger partial charge in [-0.15, -0.1) is 0 Å². The number of nitrogens with zero attached hydrogens (tertiary/aromatic N) is 4. The Kier molecular flexibility index (Phi) is 1.27. The van der Waals surface area contributed by atoms with Gasteiger partial charge in [0.1, 0.15) is 5.82 Å². The second kappa shape index (κ2) is 2.17. The van der Waals surface area contributed by atoms with Crippen molar-refractivity contribution < 1.29 is 0 Å². The van der Waals surface area contributed by atoms with E-state index in [0.717, 1.165) is 11.2 Å². The summed E-state index contributed by atoms with van der Waals surface area (Å²) < 4.78 is 1.53. The molecule has 0 unspecified atom stereocenters. The minimum absolute atomic E-state index is 0.380. The summed E-state index contributed by atoms with van der Waals surface area (Å²) in [4.78, 5) is 8.19. The van der Waals surface area contributed by atoms with Crippen molar-refractivity contribution in [2.75, 3.05) is 5.73 Å². The zero-order valence-electron chi connectivity index (χ0n) is 6.94. The molecule has 0 saturated heterocycles. The van der Waals surface area contributed by atoms with Gasteiger partial charge >= 0.3 is 0 Å². The minimum atomic E-state index is 0.380. The van der Waals surface area contributed by atoms with E-state index in [0.29, 0.717) is 11.8 Å². The van der Waals surface area contributed by atoms with Gasteiger partial charge in [0.25, 0.3) is 0 Å². The quantitative estimate of drug-likeness (QED) is 0.607. The highest BCUT2D eigenvalue weighted by Crippen LogP contribution is 2.08. The van der Waals surface area contributed by atoms with Crippen LogP contribution < -0.4 is 5.73 Å². The first-order valence-corrected chi connectivity index (χ1v) is 3.63. The van der Waals surface area contributed by atoms with E-state index in [1.54, 1.807) is 6.20 Å². The maximum Gasteiger partial charge on any atom is 0.224 e. The van der Waals surface area contributed by atoms with Crippen molar-refractivity contribution in [3.63, 3.8) is 0 Å². The van der Waals surface area contributed by atoms with E-state index >= 15 is 0 Å². The molecule has 12 heavy (non-hydrogen) atoms. The van der Waals surface area contributed by atoms with Crippen molar-refractivity contribution in [2.45, 2.75) is 13.8 Å². The standard InChI is InChI=1S/C7H9N5/c1-4-3-9-12-6(4)10-5(2)11-7(12)8/h3H,1-2H3,(H2,8,10,11). The first-order valence-electron chi connectivity index (χ1n) is 3.63. The zero-order chi connectivity index (χ0) is 8.72. The normalized spacial score (nSPS) is 10.8. The molecule has 2 heterocycles. The fraction of sp³-hybridized carbons (Fsp3) is 0.286. The van der Waals surface area contributed by atoms with Crippen molar-refractivity contribution in [1.29, 1.82) is 0 Å². The highest BCUT2D eigenvalue weighted by atomic mass is 15.3. The zero-order valence-corrected chi connectivity index (χ0v) is 6.94. The Hall–Kier alpha value is -1.65. The molecular formula is C7H9N5. The first kappa shape index (κ1) is 7.02. The van der Waals surface area contributed by atoms with Crippen molar-refractivity contribution >= 4 is 11.6 Å². The van der Waals surface area contributed by atoms with E-state index in [1.165, 1.54) is 4.52 Å². The first-order chi connectivity index (χ1) is 5.68. The monoisotopic (exact) mass is 163 g/mol. The van der Waals surface area contributed by atoms with Crippen LogP contribution in [0, 0.1) is 13.8 Å². The Morgan fingerprint density at radius 3 is 2.83 bits per heavy atom. The number of anilines is 1. The fourth-order valence-electron chi connectivity index (χ4n) is 1.12. The molecule has 0 spiro atoms. The molecule has 0 radical (unpaired) electrons. The highest BCUT2D eigenvalue weighted by Gasteiger charge is 2.04. The lowest BCUT2D eigenvalue weighted by Crippen LogP contribution is -2.05. The van der Waals surface area contributed by atoms with Crippen LogP contribution in [0.1, 0.15) is 11.4 Å². The maximum absolute atomic E-state index is 5.62. The molecule has 0 atom stereocenters. The van der Waals surface area contributed by atoms with E-state index < -0.39 is 0 Å². The Bertz CT molecular complexity index is 431. The molecule has 2 N–H and O–H groups in total. The lowest BCUT2D eigenvalue weighted by Gasteiger charge is -1.98. The molecule has 2 aromatic heterocycles. The smallest absolute Gasteiger partial charge is 0.224 e. The van der Waals surface area contributed by atoms with E-state index in [-0.39, 0.29) is 0 Å². The summed E-state index contributed by atoms with van der Waals surface area (Å²) in [6.07, 6.45) is 1.72. The third-order valence-corrected chi connectivity index (χ3v) is 1.68. The van der Waals surface area contributed by atoms with Crippen LogP contribution in [-0.4, -0.2) is 19.6 Å². The maximum atomic E-state index is 5.62. The molecule has 0 saturated carbocycles.